The molecule has 1 aromatic heterocycles. The summed E-state index contributed by atoms with van der Waals surface area (Å²) in [4.78, 5) is 38.4. The summed E-state index contributed by atoms with van der Waals surface area (Å²) >= 11 is 0. The second-order valence-corrected chi connectivity index (χ2v) is 5.82. The average molecular weight is 369 g/mol. The summed E-state index contributed by atoms with van der Waals surface area (Å²) in [5, 5.41) is 17.3. The first-order chi connectivity index (χ1) is 12.8. The Balaban J connectivity index is 1.83. The molecule has 0 saturated heterocycles. The molecule has 0 radical (unpaired) electrons. The van der Waals surface area contributed by atoms with Crippen LogP contribution in [0.2, 0.25) is 0 Å². The van der Waals surface area contributed by atoms with Crippen molar-refractivity contribution in [3.63, 3.8) is 0 Å². The molecule has 9 nitrogen and oxygen atoms in total. The smallest absolute Gasteiger partial charge is 0.293 e. The van der Waals surface area contributed by atoms with Gasteiger partial charge in [0.1, 0.15) is 5.69 Å². The van der Waals surface area contributed by atoms with E-state index in [1.165, 1.54) is 18.3 Å². The van der Waals surface area contributed by atoms with Gasteiger partial charge in [-0.25, -0.2) is 5.43 Å². The first kappa shape index (κ1) is 19.7. The number of hydrogen-bond donors (Lipinski definition) is 2. The Kier molecular flexibility index (Phi) is 6.70. The lowest BCUT2D eigenvalue weighted by Gasteiger charge is -2.06. The molecule has 1 aromatic carbocycles. The summed E-state index contributed by atoms with van der Waals surface area (Å²) < 4.78 is 0. The monoisotopic (exact) mass is 369 g/mol. The zero-order valence-electron chi connectivity index (χ0n) is 14.9. The highest BCUT2D eigenvalue weighted by Gasteiger charge is 2.16. The molecule has 0 saturated carbocycles. The molecule has 2 amide bonds. The van der Waals surface area contributed by atoms with E-state index in [4.69, 9.17) is 0 Å². The van der Waals surface area contributed by atoms with Gasteiger partial charge < -0.3 is 5.32 Å². The molecule has 0 spiro atoms. The van der Waals surface area contributed by atoms with Crippen molar-refractivity contribution >= 4 is 29.4 Å². The molecule has 9 heteroatoms. The number of rotatable bonds is 7. The number of anilines is 1. The molecular formula is C18H19N5O4. The number of pyridine rings is 1. The molecule has 2 aromatic rings. The average Bonchev–Trinajstić information content (AvgIpc) is 2.61. The van der Waals surface area contributed by atoms with Gasteiger partial charge in [0.25, 0.3) is 5.69 Å². The summed E-state index contributed by atoms with van der Waals surface area (Å²) in [5.74, 6) is -0.950. The SMILES string of the molecule is Cc1ccc(NC(=O)CCC(=O)N/N=C/c2cccc(C)n2)c([N+](=O)[O-])c1. The summed E-state index contributed by atoms with van der Waals surface area (Å²) in [6.45, 7) is 3.56. The Morgan fingerprint density at radius 1 is 1.19 bits per heavy atom. The number of nitrogens with one attached hydrogen (secondary N) is 2. The van der Waals surface area contributed by atoms with Gasteiger partial charge in [-0.1, -0.05) is 12.1 Å². The highest BCUT2D eigenvalue weighted by atomic mass is 16.6. The van der Waals surface area contributed by atoms with E-state index < -0.39 is 16.7 Å². The molecule has 2 N–H and O–H groups in total. The first-order valence-corrected chi connectivity index (χ1v) is 8.15. The minimum Gasteiger partial charge on any atom is -0.320 e. The molecule has 1 heterocycles. The molecule has 27 heavy (non-hydrogen) atoms. The Labute approximate surface area is 155 Å². The van der Waals surface area contributed by atoms with Gasteiger partial charge in [0.05, 0.1) is 16.8 Å². The van der Waals surface area contributed by atoms with Crippen molar-refractivity contribution in [1.82, 2.24) is 10.4 Å². The molecule has 0 fully saturated rings. The number of nitro groups is 1. The van der Waals surface area contributed by atoms with Crippen LogP contribution in [-0.4, -0.2) is 27.9 Å². The van der Waals surface area contributed by atoms with Gasteiger partial charge in [0, 0.05) is 24.6 Å². The van der Waals surface area contributed by atoms with Crippen LogP contribution in [0.25, 0.3) is 0 Å². The summed E-state index contributed by atoms with van der Waals surface area (Å²) in [6.07, 6.45) is 1.17. The normalized spacial score (nSPS) is 10.6. The fraction of sp³-hybridized carbons (Fsp3) is 0.222. The number of hydrogen-bond acceptors (Lipinski definition) is 6. The van der Waals surface area contributed by atoms with Crippen LogP contribution in [0.5, 0.6) is 0 Å². The summed E-state index contributed by atoms with van der Waals surface area (Å²) in [7, 11) is 0. The quantitative estimate of drug-likeness (QED) is 0.440. The highest BCUT2D eigenvalue weighted by molar-refractivity contribution is 5.95. The number of nitro benzene ring substituents is 1. The lowest BCUT2D eigenvalue weighted by atomic mass is 10.2. The lowest BCUT2D eigenvalue weighted by Crippen LogP contribution is -2.21. The van der Waals surface area contributed by atoms with Gasteiger partial charge in [-0.15, -0.1) is 0 Å². The molecule has 0 aliphatic carbocycles. The molecular weight excluding hydrogens is 350 g/mol. The maximum absolute atomic E-state index is 11.9. The van der Waals surface area contributed by atoms with E-state index >= 15 is 0 Å². The molecule has 0 unspecified atom stereocenters. The van der Waals surface area contributed by atoms with E-state index in [0.29, 0.717) is 11.3 Å². The van der Waals surface area contributed by atoms with Crippen LogP contribution in [-0.2, 0) is 9.59 Å². The van der Waals surface area contributed by atoms with Crippen molar-refractivity contribution in [3.8, 4) is 0 Å². The van der Waals surface area contributed by atoms with E-state index in [-0.39, 0.29) is 24.2 Å². The predicted octanol–water partition coefficient (Wildman–Crippen LogP) is 2.48. The maximum Gasteiger partial charge on any atom is 0.293 e. The molecule has 0 bridgehead atoms. The molecule has 0 atom stereocenters. The first-order valence-electron chi connectivity index (χ1n) is 8.15. The van der Waals surface area contributed by atoms with Gasteiger partial charge >= 0.3 is 0 Å². The van der Waals surface area contributed by atoms with E-state index in [2.05, 4.69) is 20.8 Å². The van der Waals surface area contributed by atoms with E-state index in [1.54, 1.807) is 19.1 Å². The zero-order valence-corrected chi connectivity index (χ0v) is 14.9. The van der Waals surface area contributed by atoms with Crippen molar-refractivity contribution in [2.24, 2.45) is 5.10 Å². The van der Waals surface area contributed by atoms with Gasteiger partial charge in [0.2, 0.25) is 11.8 Å². The Morgan fingerprint density at radius 3 is 2.63 bits per heavy atom. The van der Waals surface area contributed by atoms with Crippen LogP contribution < -0.4 is 10.7 Å². The fourth-order valence-corrected chi connectivity index (χ4v) is 2.20. The maximum atomic E-state index is 11.9. The van der Waals surface area contributed by atoms with Crippen LogP contribution in [0, 0.1) is 24.0 Å². The third-order valence-electron chi connectivity index (χ3n) is 3.50. The largest absolute Gasteiger partial charge is 0.320 e. The van der Waals surface area contributed by atoms with E-state index in [1.807, 2.05) is 19.1 Å². The number of amides is 2. The Morgan fingerprint density at radius 2 is 1.93 bits per heavy atom. The Hall–Kier alpha value is -3.62. The number of nitrogens with zero attached hydrogens (tertiary/aromatic N) is 3. The number of carbonyl (C=O) groups is 2. The Bertz CT molecular complexity index is 895. The van der Waals surface area contributed by atoms with Gasteiger partial charge in [-0.05, 0) is 37.6 Å². The molecule has 140 valence electrons. The number of aryl methyl sites for hydroxylation is 2. The van der Waals surface area contributed by atoms with Gasteiger partial charge in [0.15, 0.2) is 0 Å². The highest BCUT2D eigenvalue weighted by Crippen LogP contribution is 2.25. The van der Waals surface area contributed by atoms with Gasteiger partial charge in [-0.3, -0.25) is 24.7 Å². The minimum absolute atomic E-state index is 0.0968. The fourth-order valence-electron chi connectivity index (χ4n) is 2.20. The van der Waals surface area contributed by atoms with Crippen molar-refractivity contribution in [1.29, 1.82) is 0 Å². The topological polar surface area (TPSA) is 127 Å². The van der Waals surface area contributed by atoms with Crippen LogP contribution in [0.15, 0.2) is 41.5 Å². The predicted molar refractivity (Wildman–Crippen MR) is 100 cm³/mol. The van der Waals surface area contributed by atoms with Crippen molar-refractivity contribution in [2.75, 3.05) is 5.32 Å². The van der Waals surface area contributed by atoms with E-state index in [0.717, 1.165) is 5.69 Å². The molecule has 0 aliphatic heterocycles. The number of benzene rings is 1. The molecule has 2 rings (SSSR count). The van der Waals surface area contributed by atoms with Crippen LogP contribution in [0.1, 0.15) is 29.8 Å². The van der Waals surface area contributed by atoms with Crippen LogP contribution in [0.3, 0.4) is 0 Å². The van der Waals surface area contributed by atoms with Crippen molar-refractivity contribution in [3.05, 3.63) is 63.5 Å². The number of carbonyl (C=O) groups excluding carboxylic acids is 2. The van der Waals surface area contributed by atoms with Crippen LogP contribution >= 0.6 is 0 Å². The zero-order chi connectivity index (χ0) is 19.8. The van der Waals surface area contributed by atoms with Crippen molar-refractivity contribution in [2.45, 2.75) is 26.7 Å². The van der Waals surface area contributed by atoms with Gasteiger partial charge in [-0.2, -0.15) is 5.10 Å². The van der Waals surface area contributed by atoms with Crippen molar-refractivity contribution < 1.29 is 14.5 Å². The third-order valence-corrected chi connectivity index (χ3v) is 3.50. The second kappa shape index (κ2) is 9.18. The minimum atomic E-state index is -0.566. The third kappa shape index (κ3) is 6.31. The standard InChI is InChI=1S/C18H19N5O4/c1-12-6-7-15(16(10-12)23(26)27)21-17(24)8-9-18(25)22-19-11-14-5-3-4-13(2)20-14/h3-7,10-11H,8-9H2,1-2H3,(H,21,24)(H,22,25)/b19-11+. The molecule has 0 aliphatic rings. The number of aromatic nitrogens is 1. The van der Waals surface area contributed by atoms with E-state index in [9.17, 15) is 19.7 Å². The summed E-state index contributed by atoms with van der Waals surface area (Å²) in [6, 6.07) is 9.89. The second-order valence-electron chi connectivity index (χ2n) is 5.82. The number of hydrazone groups is 1. The lowest BCUT2D eigenvalue weighted by molar-refractivity contribution is -0.384. The van der Waals surface area contributed by atoms with Crippen LogP contribution in [0.4, 0.5) is 11.4 Å². The summed E-state index contributed by atoms with van der Waals surface area (Å²) in [5.41, 5.74) is 4.35.